The van der Waals surface area contributed by atoms with Crippen LogP contribution in [0.15, 0.2) is 42.6 Å². The Hall–Kier alpha value is -2.07. The number of nitrogens with zero attached hydrogens (tertiary/aromatic N) is 2. The van der Waals surface area contributed by atoms with Gasteiger partial charge < -0.3 is 9.47 Å². The minimum Gasteiger partial charge on any atom is -0.493 e. The fraction of sp³-hybridized carbons (Fsp3) is 0.522. The molecule has 1 saturated carbocycles. The molecule has 0 spiro atoms. The second-order valence-corrected chi connectivity index (χ2v) is 8.03. The van der Waals surface area contributed by atoms with Crippen molar-refractivity contribution in [3.63, 3.8) is 0 Å². The van der Waals surface area contributed by atoms with Crippen molar-refractivity contribution in [2.45, 2.75) is 51.2 Å². The van der Waals surface area contributed by atoms with E-state index in [0.29, 0.717) is 17.9 Å². The summed E-state index contributed by atoms with van der Waals surface area (Å²) in [7, 11) is 1.73. The van der Waals surface area contributed by atoms with E-state index in [1.165, 1.54) is 18.4 Å². The van der Waals surface area contributed by atoms with E-state index in [1.54, 1.807) is 7.11 Å². The van der Waals surface area contributed by atoms with Gasteiger partial charge in [0.05, 0.1) is 18.9 Å². The smallest absolute Gasteiger partial charge is 0.161 e. The molecule has 1 aromatic carbocycles. The van der Waals surface area contributed by atoms with Crippen molar-refractivity contribution in [1.29, 1.82) is 0 Å². The van der Waals surface area contributed by atoms with Crippen LogP contribution in [0, 0.1) is 5.92 Å². The van der Waals surface area contributed by atoms with Crippen molar-refractivity contribution < 1.29 is 9.47 Å². The summed E-state index contributed by atoms with van der Waals surface area (Å²) in [4.78, 5) is 6.99. The van der Waals surface area contributed by atoms with Gasteiger partial charge in [-0.2, -0.15) is 0 Å². The Labute approximate surface area is 162 Å². The first kappa shape index (κ1) is 18.3. The summed E-state index contributed by atoms with van der Waals surface area (Å²) < 4.78 is 11.9. The zero-order valence-electron chi connectivity index (χ0n) is 16.4. The summed E-state index contributed by atoms with van der Waals surface area (Å²) in [5.41, 5.74) is 2.50. The summed E-state index contributed by atoms with van der Waals surface area (Å²) in [6.45, 7) is 5.44. The van der Waals surface area contributed by atoms with Crippen molar-refractivity contribution >= 4 is 0 Å². The average molecular weight is 367 g/mol. The molecule has 0 radical (unpaired) electrons. The second kappa shape index (κ2) is 8.30. The molecule has 0 N–H and O–H groups in total. The molecule has 2 aliphatic rings. The van der Waals surface area contributed by atoms with Crippen molar-refractivity contribution in [3.05, 3.63) is 53.9 Å². The van der Waals surface area contributed by atoms with E-state index in [4.69, 9.17) is 9.47 Å². The highest BCUT2D eigenvalue weighted by Gasteiger charge is 2.31. The molecule has 4 rings (SSSR count). The third-order valence-corrected chi connectivity index (χ3v) is 6.01. The van der Waals surface area contributed by atoms with Gasteiger partial charge in [0.2, 0.25) is 0 Å². The maximum atomic E-state index is 6.31. The van der Waals surface area contributed by atoms with E-state index in [2.05, 4.69) is 47.1 Å². The highest BCUT2D eigenvalue weighted by Crippen LogP contribution is 2.38. The van der Waals surface area contributed by atoms with Crippen LogP contribution >= 0.6 is 0 Å². The molecule has 144 valence electrons. The van der Waals surface area contributed by atoms with Gasteiger partial charge in [-0.3, -0.25) is 9.88 Å². The number of likely N-dealkylation sites (tertiary alicyclic amines) is 1. The number of aromatic nitrogens is 1. The molecule has 2 fully saturated rings. The van der Waals surface area contributed by atoms with Crippen LogP contribution in [0.3, 0.4) is 0 Å². The molecule has 27 heavy (non-hydrogen) atoms. The zero-order valence-corrected chi connectivity index (χ0v) is 16.4. The minimum atomic E-state index is 0.343. The lowest BCUT2D eigenvalue weighted by Gasteiger charge is -2.20. The van der Waals surface area contributed by atoms with Crippen LogP contribution in [0.1, 0.15) is 49.8 Å². The molecule has 2 aromatic rings. The fourth-order valence-corrected chi connectivity index (χ4v) is 4.55. The summed E-state index contributed by atoms with van der Waals surface area (Å²) in [6, 6.07) is 12.7. The first-order valence-electron chi connectivity index (χ1n) is 10.2. The van der Waals surface area contributed by atoms with E-state index >= 15 is 0 Å². The average Bonchev–Trinajstić information content (AvgIpc) is 3.32. The molecule has 1 aromatic heterocycles. The molecule has 1 saturated heterocycles. The third-order valence-electron chi connectivity index (χ3n) is 6.01. The Morgan fingerprint density at radius 2 is 1.93 bits per heavy atom. The Balaban J connectivity index is 1.48. The van der Waals surface area contributed by atoms with Crippen molar-refractivity contribution in [3.8, 4) is 11.5 Å². The van der Waals surface area contributed by atoms with Crippen LogP contribution in [0.5, 0.6) is 11.5 Å². The Morgan fingerprint density at radius 1 is 1.07 bits per heavy atom. The normalized spacial score (nSPS) is 23.6. The maximum Gasteiger partial charge on any atom is 0.161 e. The van der Waals surface area contributed by atoms with Crippen LogP contribution in [0.2, 0.25) is 0 Å². The highest BCUT2D eigenvalue weighted by atomic mass is 16.5. The van der Waals surface area contributed by atoms with Gasteiger partial charge in [0.1, 0.15) is 0 Å². The molecule has 4 nitrogen and oxygen atoms in total. The lowest BCUT2D eigenvalue weighted by molar-refractivity contribution is 0.200. The fourth-order valence-electron chi connectivity index (χ4n) is 4.55. The first-order chi connectivity index (χ1) is 13.2. The van der Waals surface area contributed by atoms with Gasteiger partial charge in [0.25, 0.3) is 0 Å². The summed E-state index contributed by atoms with van der Waals surface area (Å²) in [6.07, 6.45) is 7.08. The van der Waals surface area contributed by atoms with Gasteiger partial charge in [-0.05, 0) is 61.4 Å². The van der Waals surface area contributed by atoms with Gasteiger partial charge in [-0.15, -0.1) is 0 Å². The monoisotopic (exact) mass is 366 g/mol. The van der Waals surface area contributed by atoms with Gasteiger partial charge in [0, 0.05) is 31.7 Å². The Morgan fingerprint density at radius 3 is 2.67 bits per heavy atom. The number of methoxy groups -OCH3 is 1. The standard InChI is InChI=1S/C23H30N2O2/c1-17-14-25(15-19-7-5-6-12-24-19)16-21(17)18-10-11-22(26-2)23(13-18)27-20-8-3-4-9-20/h5-7,10-13,17,20-21H,3-4,8-9,14-16H2,1-2H3/t17-,21+/m0/s1. The molecule has 4 heteroatoms. The predicted molar refractivity (Wildman–Crippen MR) is 107 cm³/mol. The Kier molecular flexibility index (Phi) is 5.63. The quantitative estimate of drug-likeness (QED) is 0.745. The largest absolute Gasteiger partial charge is 0.493 e. The van der Waals surface area contributed by atoms with Gasteiger partial charge >= 0.3 is 0 Å². The molecule has 2 atom stereocenters. The second-order valence-electron chi connectivity index (χ2n) is 8.03. The van der Waals surface area contributed by atoms with E-state index < -0.39 is 0 Å². The van der Waals surface area contributed by atoms with Gasteiger partial charge in [0.15, 0.2) is 11.5 Å². The van der Waals surface area contributed by atoms with Crippen LogP contribution in [0.4, 0.5) is 0 Å². The van der Waals surface area contributed by atoms with Gasteiger partial charge in [-0.25, -0.2) is 0 Å². The lowest BCUT2D eigenvalue weighted by atomic mass is 9.90. The van der Waals surface area contributed by atoms with Crippen molar-refractivity contribution in [2.75, 3.05) is 20.2 Å². The van der Waals surface area contributed by atoms with Crippen LogP contribution in [-0.2, 0) is 6.54 Å². The summed E-state index contributed by atoms with van der Waals surface area (Å²) in [5.74, 6) is 2.89. The third kappa shape index (κ3) is 4.27. The van der Waals surface area contributed by atoms with Crippen molar-refractivity contribution in [1.82, 2.24) is 9.88 Å². The van der Waals surface area contributed by atoms with Crippen LogP contribution in [-0.4, -0.2) is 36.2 Å². The lowest BCUT2D eigenvalue weighted by Crippen LogP contribution is -2.20. The number of rotatable bonds is 6. The minimum absolute atomic E-state index is 0.343. The zero-order chi connectivity index (χ0) is 18.6. The number of hydrogen-bond donors (Lipinski definition) is 0. The number of pyridine rings is 1. The SMILES string of the molecule is COc1ccc([C@@H]2CN(Cc3ccccn3)C[C@@H]2C)cc1OC1CCCC1. The molecular formula is C23H30N2O2. The molecule has 0 bridgehead atoms. The molecule has 0 unspecified atom stereocenters. The van der Waals surface area contributed by atoms with E-state index in [0.717, 1.165) is 49.7 Å². The van der Waals surface area contributed by atoms with Crippen LogP contribution < -0.4 is 9.47 Å². The summed E-state index contributed by atoms with van der Waals surface area (Å²) in [5, 5.41) is 0. The van der Waals surface area contributed by atoms with Crippen molar-refractivity contribution in [2.24, 2.45) is 5.92 Å². The van der Waals surface area contributed by atoms with Crippen LogP contribution in [0.25, 0.3) is 0 Å². The molecule has 1 aliphatic heterocycles. The highest BCUT2D eigenvalue weighted by molar-refractivity contribution is 5.44. The first-order valence-corrected chi connectivity index (χ1v) is 10.2. The number of ether oxygens (including phenoxy) is 2. The van der Waals surface area contributed by atoms with E-state index in [-0.39, 0.29) is 0 Å². The Bertz CT molecular complexity index is 743. The number of benzene rings is 1. The van der Waals surface area contributed by atoms with E-state index in [1.807, 2.05) is 12.3 Å². The van der Waals surface area contributed by atoms with Gasteiger partial charge in [-0.1, -0.05) is 19.1 Å². The topological polar surface area (TPSA) is 34.6 Å². The molecule has 1 aliphatic carbocycles. The maximum absolute atomic E-state index is 6.31. The molecule has 0 amide bonds. The van der Waals surface area contributed by atoms with E-state index in [9.17, 15) is 0 Å². The predicted octanol–water partition coefficient (Wildman–Crippen LogP) is 4.65. The number of hydrogen-bond acceptors (Lipinski definition) is 4. The summed E-state index contributed by atoms with van der Waals surface area (Å²) >= 11 is 0. The molecule has 2 heterocycles. The molecular weight excluding hydrogens is 336 g/mol.